The number of urea groups is 1. The molecule has 7 heteroatoms. The molecule has 4 rings (SSSR count). The number of halogens is 1. The predicted molar refractivity (Wildman–Crippen MR) is 122 cm³/mol. The minimum atomic E-state index is -0.777. The van der Waals surface area contributed by atoms with Crippen molar-refractivity contribution in [2.24, 2.45) is 0 Å². The van der Waals surface area contributed by atoms with Crippen molar-refractivity contribution < 1.29 is 19.1 Å². The summed E-state index contributed by atoms with van der Waals surface area (Å²) in [6.07, 6.45) is 1.44. The van der Waals surface area contributed by atoms with Gasteiger partial charge in [0, 0.05) is 5.02 Å². The molecular formula is C25H19ClN2O4. The Morgan fingerprint density at radius 1 is 0.969 bits per heavy atom. The van der Waals surface area contributed by atoms with Crippen LogP contribution in [0.3, 0.4) is 0 Å². The van der Waals surface area contributed by atoms with Crippen molar-refractivity contribution in [1.82, 2.24) is 5.32 Å². The van der Waals surface area contributed by atoms with Gasteiger partial charge in [-0.05, 0) is 60.5 Å². The monoisotopic (exact) mass is 446 g/mol. The molecule has 1 aliphatic heterocycles. The van der Waals surface area contributed by atoms with E-state index in [2.05, 4.69) is 5.32 Å². The molecule has 0 radical (unpaired) electrons. The van der Waals surface area contributed by atoms with Gasteiger partial charge in [0.1, 0.15) is 17.9 Å². The number of benzene rings is 3. The molecule has 0 aromatic heterocycles. The third kappa shape index (κ3) is 4.71. The minimum Gasteiger partial charge on any atom is -0.489 e. The number of ether oxygens (including phenoxy) is 1. The number of barbiturate groups is 1. The average molecular weight is 447 g/mol. The number of nitrogens with one attached hydrogen (secondary N) is 1. The van der Waals surface area contributed by atoms with Crippen LogP contribution < -0.4 is 15.0 Å². The summed E-state index contributed by atoms with van der Waals surface area (Å²) < 4.78 is 5.81. The van der Waals surface area contributed by atoms with Crippen LogP contribution in [0.25, 0.3) is 6.08 Å². The van der Waals surface area contributed by atoms with Gasteiger partial charge in [0.25, 0.3) is 11.8 Å². The van der Waals surface area contributed by atoms with Crippen LogP contribution in [-0.4, -0.2) is 17.8 Å². The summed E-state index contributed by atoms with van der Waals surface area (Å²) in [5.41, 5.74) is 2.78. The number of nitrogens with zero attached hydrogens (tertiary/aromatic N) is 1. The van der Waals surface area contributed by atoms with Crippen molar-refractivity contribution in [3.05, 3.63) is 100 Å². The molecule has 1 heterocycles. The smallest absolute Gasteiger partial charge is 0.335 e. The third-order valence-electron chi connectivity index (χ3n) is 4.88. The fraction of sp³-hybridized carbons (Fsp3) is 0.0800. The van der Waals surface area contributed by atoms with E-state index in [1.807, 2.05) is 19.1 Å². The van der Waals surface area contributed by atoms with Crippen molar-refractivity contribution >= 4 is 41.2 Å². The fourth-order valence-electron chi connectivity index (χ4n) is 3.19. The zero-order valence-electron chi connectivity index (χ0n) is 17.2. The maximum Gasteiger partial charge on any atom is 0.335 e. The Morgan fingerprint density at radius 2 is 1.69 bits per heavy atom. The van der Waals surface area contributed by atoms with Gasteiger partial charge in [-0.2, -0.15) is 0 Å². The van der Waals surface area contributed by atoms with Gasteiger partial charge in [0.05, 0.1) is 5.69 Å². The van der Waals surface area contributed by atoms with Crippen LogP contribution in [0, 0.1) is 6.92 Å². The first kappa shape index (κ1) is 21.3. The van der Waals surface area contributed by atoms with Gasteiger partial charge in [-0.1, -0.05) is 53.6 Å². The summed E-state index contributed by atoms with van der Waals surface area (Å²) in [6, 6.07) is 20.4. The first-order valence-electron chi connectivity index (χ1n) is 9.86. The van der Waals surface area contributed by atoms with Crippen LogP contribution in [0.15, 0.2) is 78.4 Å². The molecule has 160 valence electrons. The van der Waals surface area contributed by atoms with Crippen molar-refractivity contribution in [3.63, 3.8) is 0 Å². The van der Waals surface area contributed by atoms with Crippen LogP contribution in [0.5, 0.6) is 5.75 Å². The summed E-state index contributed by atoms with van der Waals surface area (Å²) in [5, 5.41) is 2.87. The SMILES string of the molecule is Cc1ccc(N2C(=O)NC(=O)/C(=C/c3cccc(OCc4ccc(Cl)cc4)c3)C2=O)cc1. The van der Waals surface area contributed by atoms with E-state index in [9.17, 15) is 14.4 Å². The van der Waals surface area contributed by atoms with Crippen LogP contribution >= 0.6 is 11.6 Å². The van der Waals surface area contributed by atoms with Crippen LogP contribution in [0.2, 0.25) is 5.02 Å². The molecule has 3 aromatic rings. The van der Waals surface area contributed by atoms with Crippen LogP contribution in [-0.2, 0) is 16.2 Å². The molecular weight excluding hydrogens is 428 g/mol. The molecule has 3 aromatic carbocycles. The quantitative estimate of drug-likeness (QED) is 0.447. The summed E-state index contributed by atoms with van der Waals surface area (Å²) in [7, 11) is 0. The molecule has 0 saturated carbocycles. The summed E-state index contributed by atoms with van der Waals surface area (Å²) >= 11 is 5.90. The molecule has 4 amide bonds. The van der Waals surface area contributed by atoms with Crippen molar-refractivity contribution in [2.75, 3.05) is 4.90 Å². The number of amides is 4. The number of carbonyl (C=O) groups excluding carboxylic acids is 3. The Balaban J connectivity index is 1.56. The highest BCUT2D eigenvalue weighted by molar-refractivity contribution is 6.39. The molecule has 1 aliphatic rings. The largest absolute Gasteiger partial charge is 0.489 e. The molecule has 32 heavy (non-hydrogen) atoms. The number of anilines is 1. The van der Waals surface area contributed by atoms with Gasteiger partial charge in [0.2, 0.25) is 0 Å². The summed E-state index contributed by atoms with van der Waals surface area (Å²) in [4.78, 5) is 38.6. The van der Waals surface area contributed by atoms with E-state index in [1.54, 1.807) is 60.7 Å². The topological polar surface area (TPSA) is 75.7 Å². The van der Waals surface area contributed by atoms with Crippen molar-refractivity contribution in [1.29, 1.82) is 0 Å². The number of aryl methyl sites for hydroxylation is 1. The van der Waals surface area contributed by atoms with Crippen LogP contribution in [0.1, 0.15) is 16.7 Å². The van der Waals surface area contributed by atoms with Gasteiger partial charge < -0.3 is 4.74 Å². The van der Waals surface area contributed by atoms with E-state index < -0.39 is 17.8 Å². The van der Waals surface area contributed by atoms with E-state index >= 15 is 0 Å². The molecule has 0 aliphatic carbocycles. The van der Waals surface area contributed by atoms with E-state index in [0.717, 1.165) is 16.0 Å². The molecule has 1 N–H and O–H groups in total. The molecule has 1 fully saturated rings. The number of hydrogen-bond donors (Lipinski definition) is 1. The molecule has 1 saturated heterocycles. The van der Waals surface area contributed by atoms with E-state index in [0.29, 0.717) is 28.6 Å². The maximum atomic E-state index is 13.0. The van der Waals surface area contributed by atoms with Gasteiger partial charge in [0.15, 0.2) is 0 Å². The lowest BCUT2D eigenvalue weighted by Crippen LogP contribution is -2.54. The zero-order chi connectivity index (χ0) is 22.7. The van der Waals surface area contributed by atoms with E-state index in [1.165, 1.54) is 6.08 Å². The van der Waals surface area contributed by atoms with Gasteiger partial charge in [-0.15, -0.1) is 0 Å². The fourth-order valence-corrected chi connectivity index (χ4v) is 3.32. The lowest BCUT2D eigenvalue weighted by Gasteiger charge is -2.26. The lowest BCUT2D eigenvalue weighted by atomic mass is 10.1. The van der Waals surface area contributed by atoms with Gasteiger partial charge in [-0.25, -0.2) is 9.69 Å². The highest BCUT2D eigenvalue weighted by Gasteiger charge is 2.36. The van der Waals surface area contributed by atoms with Gasteiger partial charge in [-0.3, -0.25) is 14.9 Å². The van der Waals surface area contributed by atoms with Crippen molar-refractivity contribution in [3.8, 4) is 5.75 Å². The average Bonchev–Trinajstić information content (AvgIpc) is 2.78. The lowest BCUT2D eigenvalue weighted by molar-refractivity contribution is -0.122. The van der Waals surface area contributed by atoms with E-state index in [4.69, 9.17) is 16.3 Å². The van der Waals surface area contributed by atoms with Crippen molar-refractivity contribution in [2.45, 2.75) is 13.5 Å². The number of hydrogen-bond acceptors (Lipinski definition) is 4. The number of imide groups is 2. The van der Waals surface area contributed by atoms with Crippen LogP contribution in [0.4, 0.5) is 10.5 Å². The summed E-state index contributed by atoms with van der Waals surface area (Å²) in [6.45, 7) is 2.24. The second-order valence-corrected chi connectivity index (χ2v) is 7.72. The first-order valence-corrected chi connectivity index (χ1v) is 10.2. The molecule has 0 spiro atoms. The Kier molecular flexibility index (Phi) is 6.05. The van der Waals surface area contributed by atoms with E-state index in [-0.39, 0.29) is 5.57 Å². The minimum absolute atomic E-state index is 0.139. The number of rotatable bonds is 5. The second-order valence-electron chi connectivity index (χ2n) is 7.28. The third-order valence-corrected chi connectivity index (χ3v) is 5.13. The molecule has 0 unspecified atom stereocenters. The standard InChI is InChI=1S/C25H19ClN2O4/c1-16-5-11-20(12-6-16)28-24(30)22(23(29)27-25(28)31)14-18-3-2-4-21(13-18)32-15-17-7-9-19(26)10-8-17/h2-14H,15H2,1H3,(H,27,29,31)/b22-14-. The Bertz CT molecular complexity index is 1220. The highest BCUT2D eigenvalue weighted by Crippen LogP contribution is 2.24. The molecule has 0 atom stereocenters. The normalized spacial score (nSPS) is 15.1. The Hall–Kier alpha value is -3.90. The Labute approximate surface area is 190 Å². The maximum absolute atomic E-state index is 13.0. The zero-order valence-corrected chi connectivity index (χ0v) is 17.9. The Morgan fingerprint density at radius 3 is 2.41 bits per heavy atom. The highest BCUT2D eigenvalue weighted by atomic mass is 35.5. The summed E-state index contributed by atoms with van der Waals surface area (Å²) in [5.74, 6) is -0.852. The predicted octanol–water partition coefficient (Wildman–Crippen LogP) is 4.89. The van der Waals surface area contributed by atoms with Gasteiger partial charge >= 0.3 is 6.03 Å². The number of carbonyl (C=O) groups is 3. The molecule has 0 bridgehead atoms. The second kappa shape index (κ2) is 9.08. The molecule has 6 nitrogen and oxygen atoms in total. The first-order chi connectivity index (χ1) is 15.4.